The topological polar surface area (TPSA) is 60.4 Å². The molecule has 1 aliphatic carbocycles. The lowest BCUT2D eigenvalue weighted by Crippen LogP contribution is -2.51. The van der Waals surface area contributed by atoms with Crippen molar-refractivity contribution in [2.24, 2.45) is 5.92 Å². The minimum Gasteiger partial charge on any atom is -0.379 e. The Labute approximate surface area is 131 Å². The number of rotatable bonds is 3. The van der Waals surface area contributed by atoms with Crippen LogP contribution in [0.3, 0.4) is 0 Å². The molecular weight excluding hydrogens is 286 g/mol. The fraction of sp³-hybridized carbons (Fsp3) is 1.00. The van der Waals surface area contributed by atoms with Gasteiger partial charge in [-0.05, 0) is 19.3 Å². The number of fused-ring (bicyclic) bond motifs is 1. The van der Waals surface area contributed by atoms with E-state index >= 15 is 0 Å². The van der Waals surface area contributed by atoms with Crippen LogP contribution in [-0.2, 0) is 18.9 Å². The zero-order valence-electron chi connectivity index (χ0n) is 13.1. The van der Waals surface area contributed by atoms with Gasteiger partial charge in [0.2, 0.25) is 0 Å². The van der Waals surface area contributed by atoms with Gasteiger partial charge in [0, 0.05) is 44.5 Å². The third kappa shape index (κ3) is 3.05. The molecule has 0 aromatic carbocycles. The van der Waals surface area contributed by atoms with E-state index in [0.29, 0.717) is 12.0 Å². The van der Waals surface area contributed by atoms with E-state index in [0.717, 1.165) is 58.6 Å². The largest absolute Gasteiger partial charge is 0.379 e. The van der Waals surface area contributed by atoms with E-state index in [1.165, 1.54) is 6.42 Å². The second-order valence-electron chi connectivity index (χ2n) is 6.87. The number of hydrogen-bond donors (Lipinski definition) is 1. The molecule has 0 aromatic rings. The Balaban J connectivity index is 1.46. The van der Waals surface area contributed by atoms with Crippen LogP contribution in [0.15, 0.2) is 0 Å². The van der Waals surface area contributed by atoms with E-state index in [4.69, 9.17) is 18.9 Å². The maximum absolute atomic E-state index is 9.83. The van der Waals surface area contributed by atoms with Crippen molar-refractivity contribution in [2.75, 3.05) is 32.9 Å². The van der Waals surface area contributed by atoms with Gasteiger partial charge in [0.1, 0.15) is 0 Å². The monoisotopic (exact) mass is 313 g/mol. The molecule has 0 amide bonds. The Kier molecular flexibility index (Phi) is 4.66. The number of aliphatic hydroxyl groups excluding tert-OH is 1. The molecule has 3 saturated heterocycles. The van der Waals surface area contributed by atoms with Gasteiger partial charge in [-0.25, -0.2) is 0 Å². The minimum atomic E-state index is -0.606. The van der Waals surface area contributed by atoms with Gasteiger partial charge in [0.15, 0.2) is 12.6 Å². The molecule has 126 valence electrons. The fourth-order valence-corrected chi connectivity index (χ4v) is 4.51. The Morgan fingerprint density at radius 1 is 1.05 bits per heavy atom. The minimum absolute atomic E-state index is 0.0639. The second kappa shape index (κ2) is 6.71. The fourth-order valence-electron chi connectivity index (χ4n) is 4.51. The molecule has 1 N–H and O–H groups in total. The Hall–Kier alpha value is -0.240. The molecule has 4 fully saturated rings. The Morgan fingerprint density at radius 3 is 2.68 bits per heavy atom. The maximum atomic E-state index is 9.83. The summed E-state index contributed by atoms with van der Waals surface area (Å²) in [5.74, 6) is 0.363. The van der Waals surface area contributed by atoms with Crippen LogP contribution in [0, 0.1) is 5.92 Å². The molecular formula is C16H27NO5. The van der Waals surface area contributed by atoms with E-state index < -0.39 is 6.29 Å². The molecule has 3 heterocycles. The molecule has 6 atom stereocenters. The van der Waals surface area contributed by atoms with Crippen molar-refractivity contribution in [1.29, 1.82) is 0 Å². The summed E-state index contributed by atoms with van der Waals surface area (Å²) in [6, 6.07) is 0.316. The van der Waals surface area contributed by atoms with Crippen LogP contribution in [0.2, 0.25) is 0 Å². The summed E-state index contributed by atoms with van der Waals surface area (Å²) in [4.78, 5) is 2.48. The van der Waals surface area contributed by atoms with Crippen LogP contribution < -0.4 is 0 Å². The highest BCUT2D eigenvalue weighted by atomic mass is 16.7. The SMILES string of the molecule is OC1C[C@@H]2C(N3CCOCC3)[C@@H](OC3CCCCO3)C[C@@H]2O1. The van der Waals surface area contributed by atoms with Crippen molar-refractivity contribution < 1.29 is 24.1 Å². The van der Waals surface area contributed by atoms with Gasteiger partial charge in [-0.15, -0.1) is 0 Å². The predicted octanol–water partition coefficient (Wildman–Crippen LogP) is 0.726. The first-order valence-corrected chi connectivity index (χ1v) is 8.73. The number of aliphatic hydroxyl groups is 1. The van der Waals surface area contributed by atoms with Gasteiger partial charge < -0.3 is 24.1 Å². The average molecular weight is 313 g/mol. The lowest BCUT2D eigenvalue weighted by atomic mass is 9.97. The summed E-state index contributed by atoms with van der Waals surface area (Å²) in [5.41, 5.74) is 0. The molecule has 6 heteroatoms. The molecule has 0 radical (unpaired) electrons. The van der Waals surface area contributed by atoms with E-state index in [2.05, 4.69) is 4.90 Å². The zero-order chi connectivity index (χ0) is 14.9. The van der Waals surface area contributed by atoms with Gasteiger partial charge >= 0.3 is 0 Å². The van der Waals surface area contributed by atoms with Crippen molar-refractivity contribution in [3.8, 4) is 0 Å². The molecule has 0 aromatic heterocycles. The molecule has 4 aliphatic rings. The molecule has 3 unspecified atom stereocenters. The normalized spacial score (nSPS) is 46.8. The highest BCUT2D eigenvalue weighted by Gasteiger charge is 2.52. The van der Waals surface area contributed by atoms with Crippen molar-refractivity contribution >= 4 is 0 Å². The average Bonchev–Trinajstić information content (AvgIpc) is 3.04. The number of morpholine rings is 1. The summed E-state index contributed by atoms with van der Waals surface area (Å²) < 4.78 is 23.3. The first kappa shape index (κ1) is 15.3. The van der Waals surface area contributed by atoms with Gasteiger partial charge in [-0.3, -0.25) is 4.90 Å². The van der Waals surface area contributed by atoms with Crippen molar-refractivity contribution in [3.63, 3.8) is 0 Å². The lowest BCUT2D eigenvalue weighted by molar-refractivity contribution is -0.203. The summed E-state index contributed by atoms with van der Waals surface area (Å²) in [7, 11) is 0. The van der Waals surface area contributed by atoms with Crippen molar-refractivity contribution in [1.82, 2.24) is 4.90 Å². The molecule has 0 bridgehead atoms. The second-order valence-corrected chi connectivity index (χ2v) is 6.87. The van der Waals surface area contributed by atoms with Gasteiger partial charge in [0.25, 0.3) is 0 Å². The summed E-state index contributed by atoms with van der Waals surface area (Å²) in [6.07, 6.45) is 4.49. The summed E-state index contributed by atoms with van der Waals surface area (Å²) in [6.45, 7) is 4.25. The standard InChI is InChI=1S/C16H27NO5/c18-14-9-11-12(21-14)10-13(22-15-3-1-2-6-20-15)16(11)17-4-7-19-8-5-17/h11-16,18H,1-10H2/t11-,12-,13-,14?,15?,16?/m0/s1. The van der Waals surface area contributed by atoms with Crippen molar-refractivity contribution in [2.45, 2.75) is 62.9 Å². The summed E-state index contributed by atoms with van der Waals surface area (Å²) >= 11 is 0. The van der Waals surface area contributed by atoms with Crippen LogP contribution >= 0.6 is 0 Å². The van der Waals surface area contributed by atoms with E-state index in [1.54, 1.807) is 0 Å². The highest BCUT2D eigenvalue weighted by Crippen LogP contribution is 2.43. The predicted molar refractivity (Wildman–Crippen MR) is 78.2 cm³/mol. The zero-order valence-corrected chi connectivity index (χ0v) is 13.1. The van der Waals surface area contributed by atoms with Gasteiger partial charge in [-0.2, -0.15) is 0 Å². The molecule has 6 nitrogen and oxygen atoms in total. The smallest absolute Gasteiger partial charge is 0.158 e. The third-order valence-electron chi connectivity index (χ3n) is 5.50. The molecule has 4 rings (SSSR count). The van der Waals surface area contributed by atoms with Crippen LogP contribution in [0.4, 0.5) is 0 Å². The van der Waals surface area contributed by atoms with Gasteiger partial charge in [0.05, 0.1) is 25.4 Å². The number of ether oxygens (including phenoxy) is 4. The molecule has 0 spiro atoms. The Bertz CT molecular complexity index is 370. The van der Waals surface area contributed by atoms with Crippen LogP contribution in [-0.4, -0.2) is 73.7 Å². The van der Waals surface area contributed by atoms with E-state index in [9.17, 15) is 5.11 Å². The van der Waals surface area contributed by atoms with Crippen LogP contribution in [0.5, 0.6) is 0 Å². The molecule has 1 saturated carbocycles. The molecule has 22 heavy (non-hydrogen) atoms. The van der Waals surface area contributed by atoms with Crippen molar-refractivity contribution in [3.05, 3.63) is 0 Å². The number of nitrogens with zero attached hydrogens (tertiary/aromatic N) is 1. The van der Waals surface area contributed by atoms with Gasteiger partial charge in [-0.1, -0.05) is 0 Å². The Morgan fingerprint density at radius 2 is 1.91 bits per heavy atom. The highest BCUT2D eigenvalue weighted by molar-refractivity contribution is 5.02. The van der Waals surface area contributed by atoms with Crippen LogP contribution in [0.1, 0.15) is 32.1 Å². The van der Waals surface area contributed by atoms with Crippen LogP contribution in [0.25, 0.3) is 0 Å². The first-order chi connectivity index (χ1) is 10.8. The maximum Gasteiger partial charge on any atom is 0.158 e. The van der Waals surface area contributed by atoms with E-state index in [1.807, 2.05) is 0 Å². The van der Waals surface area contributed by atoms with E-state index in [-0.39, 0.29) is 18.5 Å². The molecule has 3 aliphatic heterocycles. The summed E-state index contributed by atoms with van der Waals surface area (Å²) in [5, 5.41) is 9.83. The lowest BCUT2D eigenvalue weighted by Gasteiger charge is -2.39. The third-order valence-corrected chi connectivity index (χ3v) is 5.50. The first-order valence-electron chi connectivity index (χ1n) is 8.73. The number of hydrogen-bond acceptors (Lipinski definition) is 6. The quantitative estimate of drug-likeness (QED) is 0.829.